The molecule has 0 spiro atoms. The summed E-state index contributed by atoms with van der Waals surface area (Å²) in [6.07, 6.45) is 3.04. The molecule has 2 aliphatic heterocycles. The maximum atomic E-state index is 13.5. The number of carbonyl (C=O) groups excluding carboxylic acids is 1. The van der Waals surface area contributed by atoms with E-state index in [1.165, 1.54) is 24.3 Å². The third-order valence-electron chi connectivity index (χ3n) is 6.94. The number of carboxylic acids is 2. The summed E-state index contributed by atoms with van der Waals surface area (Å²) >= 11 is 0. The lowest BCUT2D eigenvalue weighted by molar-refractivity contribution is -0.134. The van der Waals surface area contributed by atoms with Crippen LogP contribution in [0.2, 0.25) is 0 Å². The SMILES string of the molecule is CN1CC(CCN2CCC(C(O)(c3ccc(F)cc3)c3ccc(F)cc3)CC2)OC1=O.O=C(O)C=CC(=O)O. The highest BCUT2D eigenvalue weighted by Crippen LogP contribution is 2.42. The van der Waals surface area contributed by atoms with Crippen LogP contribution >= 0.6 is 0 Å². The zero-order valence-corrected chi connectivity index (χ0v) is 21.5. The molecule has 0 aliphatic carbocycles. The topological polar surface area (TPSA) is 128 Å². The highest BCUT2D eigenvalue weighted by molar-refractivity contribution is 5.89. The molecule has 2 heterocycles. The molecule has 2 aromatic carbocycles. The standard InChI is InChI=1S/C24H28F2N2O3.C4H4O4/c1-27-16-22(31-23(27)29)12-15-28-13-10-19(11-14-28)24(30,17-2-6-20(25)7-3-17)18-4-8-21(26)9-5-18;5-3(6)1-2-4(7)8/h2-9,19,22,30H,10-16H2,1H3;1-2H,(H,5,6)(H,7,8). The van der Waals surface area contributed by atoms with Crippen LogP contribution < -0.4 is 0 Å². The van der Waals surface area contributed by atoms with Crippen LogP contribution in [0.15, 0.2) is 60.7 Å². The Labute approximate surface area is 224 Å². The van der Waals surface area contributed by atoms with E-state index in [0.29, 0.717) is 29.8 Å². The molecule has 39 heavy (non-hydrogen) atoms. The zero-order chi connectivity index (χ0) is 28.6. The van der Waals surface area contributed by atoms with Gasteiger partial charge in [-0.05, 0) is 73.7 Å². The van der Waals surface area contributed by atoms with Gasteiger partial charge in [0, 0.05) is 25.7 Å². The van der Waals surface area contributed by atoms with E-state index in [2.05, 4.69) is 4.90 Å². The van der Waals surface area contributed by atoms with Gasteiger partial charge in [-0.2, -0.15) is 0 Å². The molecule has 0 saturated carbocycles. The van der Waals surface area contributed by atoms with Gasteiger partial charge < -0.3 is 29.9 Å². The van der Waals surface area contributed by atoms with Gasteiger partial charge in [0.05, 0.1) is 6.54 Å². The molecule has 4 rings (SSSR count). The van der Waals surface area contributed by atoms with Crippen LogP contribution in [-0.2, 0) is 19.9 Å². The number of carbonyl (C=O) groups is 3. The molecular formula is C28H32F2N2O7. The van der Waals surface area contributed by atoms with Crippen molar-refractivity contribution in [1.29, 1.82) is 0 Å². The molecule has 2 saturated heterocycles. The maximum Gasteiger partial charge on any atom is 0.409 e. The summed E-state index contributed by atoms with van der Waals surface area (Å²) in [5, 5.41) is 27.5. The first-order valence-electron chi connectivity index (χ1n) is 12.5. The number of aliphatic carboxylic acids is 2. The van der Waals surface area contributed by atoms with Crippen LogP contribution in [-0.4, -0.2) is 82.5 Å². The molecule has 1 amide bonds. The second-order valence-electron chi connectivity index (χ2n) is 9.58. The van der Waals surface area contributed by atoms with Crippen LogP contribution in [0.1, 0.15) is 30.4 Å². The Morgan fingerprint density at radius 3 is 1.79 bits per heavy atom. The fourth-order valence-corrected chi connectivity index (χ4v) is 4.89. The third kappa shape index (κ3) is 8.08. The number of likely N-dealkylation sites (N-methyl/N-ethyl adjacent to an activating group) is 1. The van der Waals surface area contributed by atoms with Crippen LogP contribution in [0.5, 0.6) is 0 Å². The average Bonchev–Trinajstić information content (AvgIpc) is 3.24. The third-order valence-corrected chi connectivity index (χ3v) is 6.94. The van der Waals surface area contributed by atoms with Gasteiger partial charge in [0.1, 0.15) is 23.3 Å². The Kier molecular flexibility index (Phi) is 10.1. The first-order valence-corrected chi connectivity index (χ1v) is 12.5. The summed E-state index contributed by atoms with van der Waals surface area (Å²) in [5.41, 5.74) is -0.100. The monoisotopic (exact) mass is 546 g/mol. The van der Waals surface area contributed by atoms with Crippen molar-refractivity contribution in [3.8, 4) is 0 Å². The van der Waals surface area contributed by atoms with Crippen molar-refractivity contribution in [1.82, 2.24) is 9.80 Å². The number of piperidine rings is 1. The smallest absolute Gasteiger partial charge is 0.409 e. The quantitative estimate of drug-likeness (QED) is 0.430. The highest BCUT2D eigenvalue weighted by Gasteiger charge is 2.42. The first-order chi connectivity index (χ1) is 18.5. The molecule has 210 valence electrons. The van der Waals surface area contributed by atoms with Crippen molar-refractivity contribution in [3.63, 3.8) is 0 Å². The number of hydrogen-bond acceptors (Lipinski definition) is 6. The number of carboxylic acid groups (broad SMARTS) is 2. The van der Waals surface area contributed by atoms with Crippen LogP contribution in [0, 0.1) is 17.6 Å². The molecule has 2 aromatic rings. The molecule has 0 bridgehead atoms. The number of ether oxygens (including phenoxy) is 1. The summed E-state index contributed by atoms with van der Waals surface area (Å²) in [6.45, 7) is 3.03. The molecule has 11 heteroatoms. The van der Waals surface area contributed by atoms with Crippen LogP contribution in [0.3, 0.4) is 0 Å². The van der Waals surface area contributed by atoms with Crippen LogP contribution in [0.4, 0.5) is 13.6 Å². The Hall–Kier alpha value is -3.83. The predicted octanol–water partition coefficient (Wildman–Crippen LogP) is 3.47. The number of halogens is 2. The van der Waals surface area contributed by atoms with E-state index in [0.717, 1.165) is 38.9 Å². The van der Waals surface area contributed by atoms with E-state index in [4.69, 9.17) is 14.9 Å². The second kappa shape index (κ2) is 13.3. The van der Waals surface area contributed by atoms with Gasteiger partial charge in [0.2, 0.25) is 0 Å². The molecule has 9 nitrogen and oxygen atoms in total. The van der Waals surface area contributed by atoms with Gasteiger partial charge in [0.15, 0.2) is 0 Å². The number of nitrogens with zero attached hydrogens (tertiary/aromatic N) is 2. The van der Waals surface area contributed by atoms with Crippen molar-refractivity contribution in [2.24, 2.45) is 5.92 Å². The number of aliphatic hydroxyl groups is 1. The lowest BCUT2D eigenvalue weighted by Gasteiger charge is -2.42. The van der Waals surface area contributed by atoms with E-state index >= 15 is 0 Å². The summed E-state index contributed by atoms with van der Waals surface area (Å²) in [7, 11) is 1.74. The highest BCUT2D eigenvalue weighted by atomic mass is 19.1. The number of likely N-dealkylation sites (tertiary alicyclic amines) is 1. The number of benzene rings is 2. The second-order valence-corrected chi connectivity index (χ2v) is 9.58. The largest absolute Gasteiger partial charge is 0.478 e. The molecule has 2 fully saturated rings. The molecule has 0 radical (unpaired) electrons. The number of rotatable bonds is 8. The summed E-state index contributed by atoms with van der Waals surface area (Å²) in [5.74, 6) is -3.33. The summed E-state index contributed by atoms with van der Waals surface area (Å²) in [4.78, 5) is 34.5. The van der Waals surface area contributed by atoms with Crippen LogP contribution in [0.25, 0.3) is 0 Å². The van der Waals surface area contributed by atoms with E-state index in [-0.39, 0.29) is 29.7 Å². The zero-order valence-electron chi connectivity index (χ0n) is 21.5. The number of cyclic esters (lactones) is 1. The first kappa shape index (κ1) is 29.7. The molecule has 1 unspecified atom stereocenters. The van der Waals surface area contributed by atoms with Gasteiger partial charge in [-0.15, -0.1) is 0 Å². The normalized spacial score (nSPS) is 18.5. The van der Waals surface area contributed by atoms with Gasteiger partial charge in [0.25, 0.3) is 0 Å². The van der Waals surface area contributed by atoms with Crippen molar-refractivity contribution in [2.45, 2.75) is 31.0 Å². The summed E-state index contributed by atoms with van der Waals surface area (Å²) < 4.78 is 32.4. The summed E-state index contributed by atoms with van der Waals surface area (Å²) in [6, 6.07) is 11.8. The number of amides is 1. The van der Waals surface area contributed by atoms with Crippen molar-refractivity contribution < 1.29 is 43.2 Å². The minimum absolute atomic E-state index is 0.0782. The Morgan fingerprint density at radius 2 is 1.41 bits per heavy atom. The Balaban J connectivity index is 0.000000459. The molecule has 1 atom stereocenters. The van der Waals surface area contributed by atoms with E-state index < -0.39 is 17.5 Å². The molecular weight excluding hydrogens is 514 g/mol. The fourth-order valence-electron chi connectivity index (χ4n) is 4.89. The van der Waals surface area contributed by atoms with Gasteiger partial charge in [-0.25, -0.2) is 23.2 Å². The predicted molar refractivity (Wildman–Crippen MR) is 137 cm³/mol. The molecule has 2 aliphatic rings. The van der Waals surface area contributed by atoms with Crippen molar-refractivity contribution in [3.05, 3.63) is 83.4 Å². The average molecular weight is 547 g/mol. The van der Waals surface area contributed by atoms with Gasteiger partial charge in [-0.1, -0.05) is 24.3 Å². The van der Waals surface area contributed by atoms with E-state index in [1.54, 1.807) is 36.2 Å². The lowest BCUT2D eigenvalue weighted by Crippen LogP contribution is -2.44. The van der Waals surface area contributed by atoms with Gasteiger partial charge >= 0.3 is 18.0 Å². The minimum Gasteiger partial charge on any atom is -0.478 e. The minimum atomic E-state index is -1.32. The Morgan fingerprint density at radius 1 is 0.949 bits per heavy atom. The fraction of sp³-hybridized carbons (Fsp3) is 0.393. The van der Waals surface area contributed by atoms with E-state index in [9.17, 15) is 28.3 Å². The van der Waals surface area contributed by atoms with E-state index in [1.807, 2.05) is 0 Å². The van der Waals surface area contributed by atoms with Crippen molar-refractivity contribution in [2.75, 3.05) is 33.2 Å². The Bertz CT molecular complexity index is 1100. The van der Waals surface area contributed by atoms with Crippen molar-refractivity contribution >= 4 is 18.0 Å². The van der Waals surface area contributed by atoms with Gasteiger partial charge in [-0.3, -0.25) is 0 Å². The maximum absolute atomic E-state index is 13.5. The number of hydrogen-bond donors (Lipinski definition) is 3. The molecule has 0 aromatic heterocycles. The molecule has 3 N–H and O–H groups in total. The lowest BCUT2D eigenvalue weighted by atomic mass is 9.72.